The van der Waals surface area contributed by atoms with E-state index in [1.807, 2.05) is 6.92 Å². The fraction of sp³-hybridized carbons (Fsp3) is 0.462. The van der Waals surface area contributed by atoms with E-state index in [1.165, 1.54) is 0 Å². The van der Waals surface area contributed by atoms with E-state index in [4.69, 9.17) is 16.7 Å². The Morgan fingerprint density at radius 1 is 1.47 bits per heavy atom. The molecule has 2 atom stereocenters. The number of carboxylic acid groups (broad SMARTS) is 1. The van der Waals surface area contributed by atoms with E-state index in [1.54, 1.807) is 23.1 Å². The van der Waals surface area contributed by atoms with Crippen molar-refractivity contribution in [2.24, 2.45) is 5.92 Å². The van der Waals surface area contributed by atoms with Crippen LogP contribution in [0.3, 0.4) is 0 Å². The Hall–Kier alpha value is -1.62. The number of likely N-dealkylation sites (tertiary alicyclic amines) is 1. The Bertz CT molecular complexity index is 506. The van der Waals surface area contributed by atoms with Crippen molar-refractivity contribution >= 4 is 23.5 Å². The molecule has 1 fully saturated rings. The van der Waals surface area contributed by atoms with Crippen LogP contribution in [0.2, 0.25) is 5.15 Å². The lowest BCUT2D eigenvalue weighted by molar-refractivity contribution is -0.143. The van der Waals surface area contributed by atoms with E-state index in [2.05, 4.69) is 4.98 Å². The summed E-state index contributed by atoms with van der Waals surface area (Å²) in [6, 6.07) is 4.79. The van der Waals surface area contributed by atoms with E-state index in [9.17, 15) is 9.59 Å². The minimum absolute atomic E-state index is 0.108. The summed E-state index contributed by atoms with van der Waals surface area (Å²) >= 11 is 5.77. The molecule has 6 heteroatoms. The van der Waals surface area contributed by atoms with Crippen molar-refractivity contribution in [3.05, 3.63) is 29.0 Å². The Morgan fingerprint density at radius 3 is 2.79 bits per heavy atom. The number of aliphatic carboxylic acids is 1. The van der Waals surface area contributed by atoms with Crippen LogP contribution >= 0.6 is 11.6 Å². The van der Waals surface area contributed by atoms with Crippen molar-refractivity contribution in [3.63, 3.8) is 0 Å². The molecule has 0 aliphatic carbocycles. The highest BCUT2D eigenvalue weighted by molar-refractivity contribution is 6.29. The maximum Gasteiger partial charge on any atom is 0.306 e. The van der Waals surface area contributed by atoms with Crippen LogP contribution in [0.1, 0.15) is 30.3 Å². The second-order valence-corrected chi connectivity index (χ2v) is 5.14. The zero-order chi connectivity index (χ0) is 14.0. The highest BCUT2D eigenvalue weighted by Gasteiger charge is 2.32. The third-order valence-corrected chi connectivity index (χ3v) is 3.63. The van der Waals surface area contributed by atoms with Crippen LogP contribution in [0.25, 0.3) is 0 Å². The van der Waals surface area contributed by atoms with Crippen LogP contribution in [0.15, 0.2) is 18.2 Å². The number of carbonyl (C=O) groups excluding carboxylic acids is 1. The Labute approximate surface area is 116 Å². The summed E-state index contributed by atoms with van der Waals surface area (Å²) in [5.41, 5.74) is 0.299. The molecule has 1 aromatic heterocycles. The summed E-state index contributed by atoms with van der Waals surface area (Å²) in [6.07, 6.45) is 0.952. The molecular formula is C13H15ClN2O3. The van der Waals surface area contributed by atoms with Crippen molar-refractivity contribution in [1.29, 1.82) is 0 Å². The first-order valence-corrected chi connectivity index (χ1v) is 6.53. The molecule has 0 aromatic carbocycles. The van der Waals surface area contributed by atoms with Gasteiger partial charge in [-0.2, -0.15) is 0 Å². The molecule has 1 amide bonds. The number of halogens is 1. The maximum atomic E-state index is 12.3. The number of nitrogens with zero attached hydrogens (tertiary/aromatic N) is 2. The quantitative estimate of drug-likeness (QED) is 0.843. The highest BCUT2D eigenvalue weighted by atomic mass is 35.5. The molecule has 1 N–H and O–H groups in total. The van der Waals surface area contributed by atoms with E-state index in [-0.39, 0.29) is 23.0 Å². The molecule has 1 aliphatic heterocycles. The standard InChI is InChI=1S/C13H15ClN2O3/c1-8-7-9(13(18)19)5-6-16(8)12(17)10-3-2-4-11(14)15-10/h2-4,8-9H,5-7H2,1H3,(H,18,19). The minimum Gasteiger partial charge on any atom is -0.481 e. The minimum atomic E-state index is -0.792. The number of piperidine rings is 1. The number of hydrogen-bond acceptors (Lipinski definition) is 3. The monoisotopic (exact) mass is 282 g/mol. The van der Waals surface area contributed by atoms with Gasteiger partial charge in [0.15, 0.2) is 0 Å². The summed E-state index contributed by atoms with van der Waals surface area (Å²) in [7, 11) is 0. The van der Waals surface area contributed by atoms with Gasteiger partial charge >= 0.3 is 5.97 Å². The number of pyridine rings is 1. The molecule has 102 valence electrons. The molecule has 0 radical (unpaired) electrons. The van der Waals surface area contributed by atoms with Gasteiger partial charge in [-0.1, -0.05) is 17.7 Å². The van der Waals surface area contributed by atoms with Crippen molar-refractivity contribution in [2.45, 2.75) is 25.8 Å². The smallest absolute Gasteiger partial charge is 0.306 e. The SMILES string of the molecule is CC1CC(C(=O)O)CCN1C(=O)c1cccc(Cl)n1. The lowest BCUT2D eigenvalue weighted by Gasteiger charge is -2.36. The van der Waals surface area contributed by atoms with Gasteiger partial charge in [0.2, 0.25) is 0 Å². The van der Waals surface area contributed by atoms with Gasteiger partial charge < -0.3 is 10.0 Å². The second-order valence-electron chi connectivity index (χ2n) is 4.75. The zero-order valence-electron chi connectivity index (χ0n) is 10.5. The number of hydrogen-bond donors (Lipinski definition) is 1. The first-order chi connectivity index (χ1) is 8.99. The van der Waals surface area contributed by atoms with Gasteiger partial charge in [-0.3, -0.25) is 9.59 Å². The van der Waals surface area contributed by atoms with Crippen molar-refractivity contribution in [2.75, 3.05) is 6.54 Å². The number of rotatable bonds is 2. The average Bonchev–Trinajstić information content (AvgIpc) is 2.37. The fourth-order valence-corrected chi connectivity index (χ4v) is 2.54. The number of carboxylic acids is 1. The number of aromatic nitrogens is 1. The summed E-state index contributed by atoms with van der Waals surface area (Å²) in [5, 5.41) is 9.28. The van der Waals surface area contributed by atoms with E-state index in [0.717, 1.165) is 0 Å². The van der Waals surface area contributed by atoms with Gasteiger partial charge in [-0.05, 0) is 31.9 Å². The predicted octanol–water partition coefficient (Wildman–Crippen LogP) is 2.06. The molecule has 2 rings (SSSR count). The van der Waals surface area contributed by atoms with Crippen LogP contribution in [0.4, 0.5) is 0 Å². The van der Waals surface area contributed by atoms with E-state index < -0.39 is 5.97 Å². The van der Waals surface area contributed by atoms with Crippen molar-refractivity contribution < 1.29 is 14.7 Å². The van der Waals surface area contributed by atoms with Crippen LogP contribution in [-0.2, 0) is 4.79 Å². The third kappa shape index (κ3) is 3.04. The summed E-state index contributed by atoms with van der Waals surface area (Å²) < 4.78 is 0. The molecule has 1 aliphatic rings. The first-order valence-electron chi connectivity index (χ1n) is 6.15. The van der Waals surface area contributed by atoms with Gasteiger partial charge in [0.05, 0.1) is 5.92 Å². The summed E-state index contributed by atoms with van der Waals surface area (Å²) in [4.78, 5) is 28.9. The largest absolute Gasteiger partial charge is 0.481 e. The lowest BCUT2D eigenvalue weighted by Crippen LogP contribution is -2.46. The Balaban J connectivity index is 2.11. The number of carbonyl (C=O) groups is 2. The van der Waals surface area contributed by atoms with Gasteiger partial charge in [-0.25, -0.2) is 4.98 Å². The average molecular weight is 283 g/mol. The molecule has 0 spiro atoms. The molecular weight excluding hydrogens is 268 g/mol. The summed E-state index contributed by atoms with van der Waals surface area (Å²) in [5.74, 6) is -1.36. The zero-order valence-corrected chi connectivity index (χ0v) is 11.3. The molecule has 2 heterocycles. The third-order valence-electron chi connectivity index (χ3n) is 3.42. The van der Waals surface area contributed by atoms with E-state index >= 15 is 0 Å². The van der Waals surface area contributed by atoms with Crippen LogP contribution in [0, 0.1) is 5.92 Å². The van der Waals surface area contributed by atoms with Gasteiger partial charge in [-0.15, -0.1) is 0 Å². The van der Waals surface area contributed by atoms with Crippen molar-refractivity contribution in [1.82, 2.24) is 9.88 Å². The molecule has 19 heavy (non-hydrogen) atoms. The molecule has 2 unspecified atom stereocenters. The molecule has 0 saturated carbocycles. The topological polar surface area (TPSA) is 70.5 Å². The van der Waals surface area contributed by atoms with Crippen LogP contribution in [0.5, 0.6) is 0 Å². The van der Waals surface area contributed by atoms with Gasteiger partial charge in [0.25, 0.3) is 5.91 Å². The fourth-order valence-electron chi connectivity index (χ4n) is 2.37. The molecule has 1 aromatic rings. The lowest BCUT2D eigenvalue weighted by atomic mass is 9.91. The summed E-state index contributed by atoms with van der Waals surface area (Å²) in [6.45, 7) is 2.29. The molecule has 0 bridgehead atoms. The van der Waals surface area contributed by atoms with Gasteiger partial charge in [0, 0.05) is 12.6 Å². The Morgan fingerprint density at radius 2 is 2.21 bits per heavy atom. The van der Waals surface area contributed by atoms with Gasteiger partial charge in [0.1, 0.15) is 10.8 Å². The van der Waals surface area contributed by atoms with Crippen LogP contribution < -0.4 is 0 Å². The highest BCUT2D eigenvalue weighted by Crippen LogP contribution is 2.24. The second kappa shape index (κ2) is 5.57. The first kappa shape index (κ1) is 13.8. The van der Waals surface area contributed by atoms with Crippen LogP contribution in [-0.4, -0.2) is 39.5 Å². The molecule has 1 saturated heterocycles. The predicted molar refractivity (Wildman–Crippen MR) is 70.1 cm³/mol. The molecule has 5 nitrogen and oxygen atoms in total. The maximum absolute atomic E-state index is 12.3. The number of amides is 1. The normalized spacial score (nSPS) is 23.2. The Kier molecular flexibility index (Phi) is 4.04. The van der Waals surface area contributed by atoms with Crippen molar-refractivity contribution in [3.8, 4) is 0 Å². The van der Waals surface area contributed by atoms with E-state index in [0.29, 0.717) is 25.1 Å².